The summed E-state index contributed by atoms with van der Waals surface area (Å²) in [6.45, 7) is 4.81. The third-order valence-electron chi connectivity index (χ3n) is 4.33. The molecule has 2 heterocycles. The molecule has 3 heteroatoms. The van der Waals surface area contributed by atoms with Crippen LogP contribution in [0.4, 0.5) is 0 Å². The van der Waals surface area contributed by atoms with Crippen molar-refractivity contribution in [1.29, 1.82) is 0 Å². The summed E-state index contributed by atoms with van der Waals surface area (Å²) in [4.78, 5) is 2.62. The lowest BCUT2D eigenvalue weighted by molar-refractivity contribution is 0.109. The Bertz CT molecular complexity index is 407. The predicted molar refractivity (Wildman–Crippen MR) is 78.6 cm³/mol. The minimum Gasteiger partial charge on any atom is -0.314 e. The molecule has 3 rings (SSSR count). The van der Waals surface area contributed by atoms with E-state index in [0.29, 0.717) is 0 Å². The summed E-state index contributed by atoms with van der Waals surface area (Å²) in [5, 5.41) is 3.68. The van der Waals surface area contributed by atoms with Gasteiger partial charge in [0.1, 0.15) is 0 Å². The van der Waals surface area contributed by atoms with Gasteiger partial charge in [-0.1, -0.05) is 34.1 Å². The van der Waals surface area contributed by atoms with Crippen LogP contribution in [0.3, 0.4) is 0 Å². The number of nitrogens with one attached hydrogen (secondary N) is 1. The number of fused-ring (bicyclic) bond motifs is 1. The van der Waals surface area contributed by atoms with E-state index in [4.69, 9.17) is 0 Å². The average Bonchev–Trinajstić information content (AvgIpc) is 2.41. The van der Waals surface area contributed by atoms with Crippen LogP contribution < -0.4 is 5.32 Å². The van der Waals surface area contributed by atoms with Crippen LogP contribution in [-0.2, 0) is 6.54 Å². The Labute approximate surface area is 118 Å². The molecule has 0 radical (unpaired) electrons. The summed E-state index contributed by atoms with van der Waals surface area (Å²) >= 11 is 3.65. The zero-order valence-corrected chi connectivity index (χ0v) is 12.3. The van der Waals surface area contributed by atoms with Crippen LogP contribution in [0, 0.1) is 5.92 Å². The van der Waals surface area contributed by atoms with Crippen LogP contribution in [0.5, 0.6) is 0 Å². The number of hydrogen-bond donors (Lipinski definition) is 1. The highest BCUT2D eigenvalue weighted by Crippen LogP contribution is 2.27. The van der Waals surface area contributed by atoms with Crippen LogP contribution in [0.2, 0.25) is 0 Å². The lowest BCUT2D eigenvalue weighted by atomic mass is 9.85. The third-order valence-corrected chi connectivity index (χ3v) is 5.10. The normalized spacial score (nSPS) is 28.9. The van der Waals surface area contributed by atoms with Gasteiger partial charge in [0, 0.05) is 23.6 Å². The van der Waals surface area contributed by atoms with E-state index in [-0.39, 0.29) is 0 Å². The SMILES string of the molecule is Brc1ccccc1CN1CCC2NCCCC2C1. The molecule has 0 spiro atoms. The molecule has 1 aromatic carbocycles. The number of rotatable bonds is 2. The van der Waals surface area contributed by atoms with Crippen LogP contribution in [0.1, 0.15) is 24.8 Å². The van der Waals surface area contributed by atoms with E-state index < -0.39 is 0 Å². The second-order valence-corrected chi connectivity index (χ2v) is 6.43. The highest BCUT2D eigenvalue weighted by molar-refractivity contribution is 9.10. The molecule has 1 N–H and O–H groups in total. The van der Waals surface area contributed by atoms with Gasteiger partial charge in [-0.3, -0.25) is 4.90 Å². The Morgan fingerprint density at radius 1 is 1.28 bits per heavy atom. The first kappa shape index (κ1) is 12.6. The molecule has 98 valence electrons. The maximum atomic E-state index is 3.68. The van der Waals surface area contributed by atoms with Gasteiger partial charge in [-0.2, -0.15) is 0 Å². The standard InChI is InChI=1S/C15H21BrN2/c16-14-6-2-1-4-12(14)10-18-9-7-15-13(11-18)5-3-8-17-15/h1-2,4,6,13,15,17H,3,5,7-11H2. The minimum absolute atomic E-state index is 0.786. The zero-order chi connectivity index (χ0) is 12.4. The second kappa shape index (κ2) is 5.72. The molecular formula is C15H21BrN2. The topological polar surface area (TPSA) is 15.3 Å². The predicted octanol–water partition coefficient (Wildman–Crippen LogP) is 3.02. The lowest BCUT2D eigenvalue weighted by Crippen LogP contribution is -2.51. The van der Waals surface area contributed by atoms with E-state index in [2.05, 4.69) is 50.4 Å². The van der Waals surface area contributed by atoms with Gasteiger partial charge < -0.3 is 5.32 Å². The Morgan fingerprint density at radius 3 is 3.06 bits per heavy atom. The van der Waals surface area contributed by atoms with Gasteiger partial charge in [-0.05, 0) is 49.9 Å². The zero-order valence-electron chi connectivity index (χ0n) is 10.7. The molecule has 0 aromatic heterocycles. The van der Waals surface area contributed by atoms with E-state index >= 15 is 0 Å². The minimum atomic E-state index is 0.786. The summed E-state index contributed by atoms with van der Waals surface area (Å²) in [5.41, 5.74) is 1.42. The highest BCUT2D eigenvalue weighted by atomic mass is 79.9. The number of benzene rings is 1. The molecule has 0 bridgehead atoms. The van der Waals surface area contributed by atoms with Crippen molar-refractivity contribution in [2.75, 3.05) is 19.6 Å². The quantitative estimate of drug-likeness (QED) is 0.903. The van der Waals surface area contributed by atoms with E-state index in [1.165, 1.54) is 48.9 Å². The van der Waals surface area contributed by atoms with Crippen molar-refractivity contribution >= 4 is 15.9 Å². The molecule has 2 nitrogen and oxygen atoms in total. The molecule has 0 amide bonds. The van der Waals surface area contributed by atoms with Gasteiger partial charge >= 0.3 is 0 Å². The number of hydrogen-bond acceptors (Lipinski definition) is 2. The number of halogens is 1. The summed E-state index contributed by atoms with van der Waals surface area (Å²) in [7, 11) is 0. The molecule has 1 aromatic rings. The van der Waals surface area contributed by atoms with E-state index in [1.54, 1.807) is 0 Å². The average molecular weight is 309 g/mol. The largest absolute Gasteiger partial charge is 0.314 e. The Kier molecular flexibility index (Phi) is 4.02. The van der Waals surface area contributed by atoms with E-state index in [9.17, 15) is 0 Å². The first-order valence-electron chi connectivity index (χ1n) is 7.02. The smallest absolute Gasteiger partial charge is 0.0245 e. The lowest BCUT2D eigenvalue weighted by Gasteiger charge is -2.41. The molecule has 2 unspecified atom stereocenters. The van der Waals surface area contributed by atoms with Crippen molar-refractivity contribution in [3.8, 4) is 0 Å². The Hall–Kier alpha value is -0.380. The second-order valence-electron chi connectivity index (χ2n) is 5.58. The van der Waals surface area contributed by atoms with Gasteiger partial charge in [-0.25, -0.2) is 0 Å². The fraction of sp³-hybridized carbons (Fsp3) is 0.600. The Balaban J connectivity index is 1.63. The number of piperidine rings is 2. The molecule has 0 saturated carbocycles. The molecule has 2 aliphatic heterocycles. The van der Waals surface area contributed by atoms with Gasteiger partial charge in [0.2, 0.25) is 0 Å². The fourth-order valence-corrected chi connectivity index (χ4v) is 3.74. The van der Waals surface area contributed by atoms with E-state index in [1.807, 2.05) is 0 Å². The van der Waals surface area contributed by atoms with Crippen LogP contribution in [-0.4, -0.2) is 30.6 Å². The van der Waals surface area contributed by atoms with Crippen LogP contribution in [0.15, 0.2) is 28.7 Å². The molecule has 2 aliphatic rings. The first-order chi connectivity index (χ1) is 8.83. The molecule has 0 aliphatic carbocycles. The first-order valence-corrected chi connectivity index (χ1v) is 7.81. The van der Waals surface area contributed by atoms with E-state index in [0.717, 1.165) is 18.5 Å². The summed E-state index contributed by atoms with van der Waals surface area (Å²) in [5.74, 6) is 0.870. The monoisotopic (exact) mass is 308 g/mol. The third kappa shape index (κ3) is 2.79. The molecule has 18 heavy (non-hydrogen) atoms. The van der Waals surface area contributed by atoms with Crippen molar-refractivity contribution in [1.82, 2.24) is 10.2 Å². The van der Waals surface area contributed by atoms with Crippen molar-refractivity contribution in [2.45, 2.75) is 31.8 Å². The van der Waals surface area contributed by atoms with Gasteiger partial charge in [-0.15, -0.1) is 0 Å². The van der Waals surface area contributed by atoms with Crippen molar-refractivity contribution in [3.63, 3.8) is 0 Å². The van der Waals surface area contributed by atoms with Crippen LogP contribution >= 0.6 is 15.9 Å². The van der Waals surface area contributed by atoms with Crippen molar-refractivity contribution in [3.05, 3.63) is 34.3 Å². The van der Waals surface area contributed by atoms with Gasteiger partial charge in [0.25, 0.3) is 0 Å². The van der Waals surface area contributed by atoms with Crippen molar-refractivity contribution < 1.29 is 0 Å². The highest BCUT2D eigenvalue weighted by Gasteiger charge is 2.30. The molecule has 2 atom stereocenters. The van der Waals surface area contributed by atoms with Gasteiger partial charge in [0.15, 0.2) is 0 Å². The fourth-order valence-electron chi connectivity index (χ4n) is 3.33. The number of nitrogens with zero attached hydrogens (tertiary/aromatic N) is 1. The molecule has 2 fully saturated rings. The number of likely N-dealkylation sites (tertiary alicyclic amines) is 1. The van der Waals surface area contributed by atoms with Crippen LogP contribution in [0.25, 0.3) is 0 Å². The molecule has 2 saturated heterocycles. The Morgan fingerprint density at radius 2 is 2.17 bits per heavy atom. The molecular weight excluding hydrogens is 288 g/mol. The van der Waals surface area contributed by atoms with Crippen molar-refractivity contribution in [2.24, 2.45) is 5.92 Å². The maximum Gasteiger partial charge on any atom is 0.0245 e. The van der Waals surface area contributed by atoms with Gasteiger partial charge in [0.05, 0.1) is 0 Å². The summed E-state index contributed by atoms with van der Waals surface area (Å²) in [6.07, 6.45) is 4.07. The summed E-state index contributed by atoms with van der Waals surface area (Å²) in [6, 6.07) is 9.38. The maximum absolute atomic E-state index is 3.68. The summed E-state index contributed by atoms with van der Waals surface area (Å²) < 4.78 is 1.24.